The van der Waals surface area contributed by atoms with Crippen LogP contribution in [0.4, 0.5) is 0 Å². The van der Waals surface area contributed by atoms with Gasteiger partial charge in [0.25, 0.3) is 0 Å². The van der Waals surface area contributed by atoms with Gasteiger partial charge in [-0.1, -0.05) is 6.92 Å². The molecule has 1 unspecified atom stereocenters. The van der Waals surface area contributed by atoms with Gasteiger partial charge in [-0.15, -0.1) is 0 Å². The molecule has 0 amide bonds. The van der Waals surface area contributed by atoms with Crippen LogP contribution in [0.3, 0.4) is 0 Å². The van der Waals surface area contributed by atoms with Crippen molar-refractivity contribution in [3.05, 3.63) is 18.7 Å². The molecule has 2 saturated heterocycles. The lowest BCUT2D eigenvalue weighted by molar-refractivity contribution is 0.318. The van der Waals surface area contributed by atoms with Gasteiger partial charge in [0.05, 0.1) is 13.0 Å². The van der Waals surface area contributed by atoms with Crippen LogP contribution in [0.1, 0.15) is 13.3 Å². The average molecular weight is 281 g/mol. The highest BCUT2D eigenvalue weighted by atomic mass is 15.3. The Bertz CT molecular complexity index is 304. The summed E-state index contributed by atoms with van der Waals surface area (Å²) in [4.78, 5) is 10.8. The van der Waals surface area contributed by atoms with E-state index in [4.69, 9.17) is 0 Å². The summed E-state index contributed by atoms with van der Waals surface area (Å²) in [5, 5.41) is 0. The molecule has 0 spiro atoms. The number of imidazole rings is 1. The zero-order chi connectivity index (χ0) is 15.0. The first-order valence-corrected chi connectivity index (χ1v) is 7.45. The normalized spacial score (nSPS) is 23.9. The fraction of sp³-hybridized carbons (Fsp3) is 0.800. The van der Waals surface area contributed by atoms with E-state index in [2.05, 4.69) is 47.8 Å². The molecule has 116 valence electrons. The highest BCUT2D eigenvalue weighted by molar-refractivity contribution is 4.70. The molecule has 2 aliphatic rings. The number of likely N-dealkylation sites (N-methyl/N-ethyl adjacent to an activating group) is 2. The highest BCUT2D eigenvalue weighted by Gasteiger charge is 2.13. The number of rotatable bonds is 0. The van der Waals surface area contributed by atoms with E-state index in [9.17, 15) is 0 Å². The maximum atomic E-state index is 3.78. The Morgan fingerprint density at radius 2 is 1.60 bits per heavy atom. The van der Waals surface area contributed by atoms with Gasteiger partial charge in [0.15, 0.2) is 0 Å². The fourth-order valence-corrected chi connectivity index (χ4v) is 2.38. The number of hydrogen-bond donors (Lipinski definition) is 0. The van der Waals surface area contributed by atoms with E-state index in [-0.39, 0.29) is 0 Å². The molecular weight excluding hydrogens is 250 g/mol. The van der Waals surface area contributed by atoms with Crippen LogP contribution in [0.25, 0.3) is 0 Å². The first kappa shape index (κ1) is 17.1. The van der Waals surface area contributed by atoms with Gasteiger partial charge >= 0.3 is 0 Å². The third kappa shape index (κ3) is 7.62. The lowest BCUT2D eigenvalue weighted by atomic mass is 10.2. The number of likely N-dealkylation sites (tertiary alicyclic amines) is 1. The van der Waals surface area contributed by atoms with Gasteiger partial charge in [-0.2, -0.15) is 0 Å². The quantitative estimate of drug-likeness (QED) is 0.714. The second kappa shape index (κ2) is 9.10. The molecule has 2 aliphatic heterocycles. The average Bonchev–Trinajstić information content (AvgIpc) is 3.07. The monoisotopic (exact) mass is 281 g/mol. The molecule has 1 aromatic rings. The van der Waals surface area contributed by atoms with Crippen molar-refractivity contribution < 1.29 is 0 Å². The third-order valence-electron chi connectivity index (χ3n) is 3.61. The summed E-state index contributed by atoms with van der Waals surface area (Å²) >= 11 is 0. The Labute approximate surface area is 124 Å². The minimum absolute atomic E-state index is 0.949. The number of aromatic nitrogens is 2. The van der Waals surface area contributed by atoms with Gasteiger partial charge in [-0.05, 0) is 40.0 Å². The minimum Gasteiger partial charge on any atom is -0.341 e. The van der Waals surface area contributed by atoms with Crippen LogP contribution in [0.5, 0.6) is 0 Å². The predicted molar refractivity (Wildman–Crippen MR) is 84.6 cm³/mol. The maximum Gasteiger partial charge on any atom is 0.0943 e. The first-order valence-electron chi connectivity index (χ1n) is 7.45. The Kier molecular flexibility index (Phi) is 7.80. The van der Waals surface area contributed by atoms with E-state index in [1.54, 1.807) is 12.5 Å². The number of nitrogens with zero attached hydrogens (tertiary/aromatic N) is 5. The van der Waals surface area contributed by atoms with Crippen LogP contribution in [0.15, 0.2) is 18.7 Å². The molecule has 1 aromatic heterocycles. The molecule has 0 radical (unpaired) electrons. The molecular formula is C15H31N5. The number of aryl methyl sites for hydroxylation is 1. The Balaban J connectivity index is 0.000000151. The van der Waals surface area contributed by atoms with Crippen molar-refractivity contribution in [1.82, 2.24) is 24.3 Å². The van der Waals surface area contributed by atoms with Crippen molar-refractivity contribution in [3.8, 4) is 0 Å². The van der Waals surface area contributed by atoms with E-state index in [1.165, 1.54) is 32.6 Å². The molecule has 0 aliphatic carbocycles. The zero-order valence-corrected chi connectivity index (χ0v) is 13.8. The van der Waals surface area contributed by atoms with Crippen molar-refractivity contribution in [2.24, 2.45) is 13.0 Å². The fourth-order valence-electron chi connectivity index (χ4n) is 2.38. The molecule has 0 N–H and O–H groups in total. The summed E-state index contributed by atoms with van der Waals surface area (Å²) < 4.78 is 1.89. The van der Waals surface area contributed by atoms with Crippen LogP contribution in [-0.2, 0) is 7.05 Å². The number of hydrogen-bond acceptors (Lipinski definition) is 4. The summed E-state index contributed by atoms with van der Waals surface area (Å²) in [5.74, 6) is 0.949. The molecule has 1 atom stereocenters. The van der Waals surface area contributed by atoms with Gasteiger partial charge in [0.2, 0.25) is 0 Å². The van der Waals surface area contributed by atoms with Crippen molar-refractivity contribution >= 4 is 0 Å². The van der Waals surface area contributed by atoms with Gasteiger partial charge in [-0.3, -0.25) is 9.80 Å². The molecule has 5 heteroatoms. The molecule has 3 rings (SSSR count). The van der Waals surface area contributed by atoms with E-state index < -0.39 is 0 Å². The van der Waals surface area contributed by atoms with Gasteiger partial charge in [0, 0.05) is 39.1 Å². The van der Waals surface area contributed by atoms with E-state index >= 15 is 0 Å². The third-order valence-corrected chi connectivity index (χ3v) is 3.61. The second-order valence-electron chi connectivity index (χ2n) is 6.19. The largest absolute Gasteiger partial charge is 0.341 e. The SMILES string of the molecule is CC1CCN(C)C1.CN1CCN(C)C1.Cn1ccnc1. The first-order chi connectivity index (χ1) is 9.47. The molecule has 5 nitrogen and oxygen atoms in total. The molecule has 20 heavy (non-hydrogen) atoms. The molecule has 0 bridgehead atoms. The van der Waals surface area contributed by atoms with Crippen molar-refractivity contribution in [3.63, 3.8) is 0 Å². The molecule has 0 saturated carbocycles. The smallest absolute Gasteiger partial charge is 0.0943 e. The Morgan fingerprint density at radius 3 is 1.75 bits per heavy atom. The summed E-state index contributed by atoms with van der Waals surface area (Å²) in [6.45, 7) is 8.53. The lowest BCUT2D eigenvalue weighted by Gasteiger charge is -2.06. The Morgan fingerprint density at radius 1 is 0.950 bits per heavy atom. The summed E-state index contributed by atoms with van der Waals surface area (Å²) in [7, 11) is 8.41. The predicted octanol–water partition coefficient (Wildman–Crippen LogP) is 1.20. The lowest BCUT2D eigenvalue weighted by Crippen LogP contribution is -2.17. The van der Waals surface area contributed by atoms with Crippen molar-refractivity contribution in [2.75, 3.05) is 54.0 Å². The Hall–Kier alpha value is -0.910. The highest BCUT2D eigenvalue weighted by Crippen LogP contribution is 2.11. The van der Waals surface area contributed by atoms with Gasteiger partial charge in [-0.25, -0.2) is 4.98 Å². The van der Waals surface area contributed by atoms with Crippen LogP contribution in [0, 0.1) is 5.92 Å². The van der Waals surface area contributed by atoms with E-state index in [1.807, 2.05) is 17.8 Å². The van der Waals surface area contributed by atoms with Crippen molar-refractivity contribution in [2.45, 2.75) is 13.3 Å². The summed E-state index contributed by atoms with van der Waals surface area (Å²) in [5.41, 5.74) is 0. The zero-order valence-electron chi connectivity index (χ0n) is 13.8. The van der Waals surface area contributed by atoms with E-state index in [0.29, 0.717) is 0 Å². The van der Waals surface area contributed by atoms with Gasteiger partial charge in [0.1, 0.15) is 0 Å². The van der Waals surface area contributed by atoms with Crippen LogP contribution in [0.2, 0.25) is 0 Å². The summed E-state index contributed by atoms with van der Waals surface area (Å²) in [6.07, 6.45) is 6.79. The van der Waals surface area contributed by atoms with Crippen LogP contribution in [-0.4, -0.2) is 78.2 Å². The van der Waals surface area contributed by atoms with Crippen molar-refractivity contribution in [1.29, 1.82) is 0 Å². The molecule has 3 heterocycles. The standard InChI is InChI=1S/C6H13N.C5H12N2.C4H6N2/c2*1-6-3-4-7(2)5-6;1-6-3-2-5-4-6/h6H,3-5H2,1-2H3;3-5H2,1-2H3;2-4H,1H3. The maximum absolute atomic E-state index is 3.78. The molecule has 0 aromatic carbocycles. The topological polar surface area (TPSA) is 27.5 Å². The van der Waals surface area contributed by atoms with Crippen LogP contribution < -0.4 is 0 Å². The van der Waals surface area contributed by atoms with E-state index in [0.717, 1.165) is 12.6 Å². The van der Waals surface area contributed by atoms with Crippen LogP contribution >= 0.6 is 0 Å². The summed E-state index contributed by atoms with van der Waals surface area (Å²) in [6, 6.07) is 0. The molecule has 2 fully saturated rings. The minimum atomic E-state index is 0.949. The van der Waals surface area contributed by atoms with Gasteiger partial charge < -0.3 is 9.47 Å². The second-order valence-corrected chi connectivity index (χ2v) is 6.19.